The molecule has 0 aliphatic carbocycles. The summed E-state index contributed by atoms with van der Waals surface area (Å²) in [6, 6.07) is 0. The Bertz CT molecular complexity index is 381. The predicted octanol–water partition coefficient (Wildman–Crippen LogP) is 0.626. The van der Waals surface area contributed by atoms with E-state index in [1.807, 2.05) is 13.8 Å². The number of aryl methyl sites for hydroxylation is 2. The van der Waals surface area contributed by atoms with E-state index in [1.165, 1.54) is 18.3 Å². The summed E-state index contributed by atoms with van der Waals surface area (Å²) < 4.78 is 0. The van der Waals surface area contributed by atoms with E-state index < -0.39 is 0 Å². The van der Waals surface area contributed by atoms with Crippen LogP contribution in [0.15, 0.2) is 0 Å². The summed E-state index contributed by atoms with van der Waals surface area (Å²) in [7, 11) is 0. The zero-order valence-electron chi connectivity index (χ0n) is 9.59. The van der Waals surface area contributed by atoms with Gasteiger partial charge in [-0.25, -0.2) is 4.98 Å². The second-order valence-electron chi connectivity index (χ2n) is 3.40. The van der Waals surface area contributed by atoms with Crippen LogP contribution in [0.2, 0.25) is 0 Å². The number of nitrogens with zero attached hydrogens (tertiary/aromatic N) is 1. The number of hydrogen-bond acceptors (Lipinski definition) is 4. The first kappa shape index (κ1) is 12.6. The Hall–Kier alpha value is -1.43. The maximum Gasteiger partial charge on any atom is 0.280 e. The van der Waals surface area contributed by atoms with Crippen molar-refractivity contribution in [1.29, 1.82) is 0 Å². The highest BCUT2D eigenvalue weighted by molar-refractivity contribution is 7.13. The molecule has 1 aromatic heterocycles. The maximum absolute atomic E-state index is 11.6. The van der Waals surface area contributed by atoms with E-state index in [4.69, 9.17) is 0 Å². The number of amides is 2. The molecule has 0 fully saturated rings. The van der Waals surface area contributed by atoms with E-state index in [2.05, 4.69) is 15.6 Å². The minimum absolute atomic E-state index is 0.102. The fraction of sp³-hybridized carbons (Fsp3) is 0.500. The highest BCUT2D eigenvalue weighted by Crippen LogP contribution is 2.15. The van der Waals surface area contributed by atoms with Crippen molar-refractivity contribution in [1.82, 2.24) is 15.6 Å². The highest BCUT2D eigenvalue weighted by atomic mass is 32.1. The molecule has 1 rings (SSSR count). The van der Waals surface area contributed by atoms with Crippen molar-refractivity contribution < 1.29 is 9.59 Å². The normalized spacial score (nSPS) is 9.94. The second-order valence-corrected chi connectivity index (χ2v) is 4.60. The molecule has 0 saturated heterocycles. The lowest BCUT2D eigenvalue weighted by atomic mass is 10.4. The van der Waals surface area contributed by atoms with Crippen molar-refractivity contribution in [2.45, 2.75) is 20.8 Å². The molecule has 1 heterocycles. The lowest BCUT2D eigenvalue weighted by Crippen LogP contribution is -2.33. The van der Waals surface area contributed by atoms with Gasteiger partial charge in [0.25, 0.3) is 5.91 Å². The Morgan fingerprint density at radius 2 is 1.88 bits per heavy atom. The first-order valence-corrected chi connectivity index (χ1v) is 5.79. The van der Waals surface area contributed by atoms with Crippen LogP contribution in [0, 0.1) is 13.8 Å². The van der Waals surface area contributed by atoms with Crippen LogP contribution in [0.1, 0.15) is 27.3 Å². The third-order valence-corrected chi connectivity index (χ3v) is 3.08. The summed E-state index contributed by atoms with van der Waals surface area (Å²) in [6.07, 6.45) is 0. The van der Waals surface area contributed by atoms with Crippen molar-refractivity contribution in [2.24, 2.45) is 0 Å². The average Bonchev–Trinajstić information content (AvgIpc) is 2.54. The van der Waals surface area contributed by atoms with Gasteiger partial charge < -0.3 is 10.6 Å². The molecule has 0 unspecified atom stereocenters. The van der Waals surface area contributed by atoms with Gasteiger partial charge in [-0.05, 0) is 13.8 Å². The zero-order chi connectivity index (χ0) is 12.1. The largest absolute Gasteiger partial charge is 0.355 e. The van der Waals surface area contributed by atoms with Gasteiger partial charge in [-0.2, -0.15) is 0 Å². The summed E-state index contributed by atoms with van der Waals surface area (Å²) in [5.74, 6) is -0.290. The lowest BCUT2D eigenvalue weighted by molar-refractivity contribution is -0.118. The molecular weight excluding hydrogens is 226 g/mol. The number of carbonyl (C=O) groups excluding carboxylic acids is 2. The molecule has 0 spiro atoms. The molecule has 2 amide bonds. The fourth-order valence-electron chi connectivity index (χ4n) is 1.06. The van der Waals surface area contributed by atoms with Crippen molar-refractivity contribution in [3.8, 4) is 0 Å². The molecule has 5 nitrogen and oxygen atoms in total. The Kier molecular flexibility index (Phi) is 4.42. The predicted molar refractivity (Wildman–Crippen MR) is 62.6 cm³/mol. The standard InChI is InChI=1S/C10H15N3O2S/c1-6-7(2)16-10(13-6)9(15)12-5-4-11-8(3)14/h4-5H2,1-3H3,(H,11,14)(H,12,15). The molecule has 0 bridgehead atoms. The monoisotopic (exact) mass is 241 g/mol. The number of aromatic nitrogens is 1. The first-order chi connectivity index (χ1) is 7.50. The number of rotatable bonds is 4. The van der Waals surface area contributed by atoms with Gasteiger partial charge in [-0.15, -0.1) is 11.3 Å². The van der Waals surface area contributed by atoms with Crippen LogP contribution in [-0.2, 0) is 4.79 Å². The van der Waals surface area contributed by atoms with Gasteiger partial charge in [0, 0.05) is 24.9 Å². The van der Waals surface area contributed by atoms with Gasteiger partial charge in [0.05, 0.1) is 5.69 Å². The summed E-state index contributed by atoms with van der Waals surface area (Å²) in [5, 5.41) is 5.76. The topological polar surface area (TPSA) is 71.1 Å². The number of thiazole rings is 1. The van der Waals surface area contributed by atoms with Crippen LogP contribution in [0.5, 0.6) is 0 Å². The smallest absolute Gasteiger partial charge is 0.280 e. The molecule has 0 aliphatic rings. The first-order valence-electron chi connectivity index (χ1n) is 4.97. The van der Waals surface area contributed by atoms with E-state index in [-0.39, 0.29) is 11.8 Å². The van der Waals surface area contributed by atoms with E-state index in [0.717, 1.165) is 10.6 Å². The molecule has 2 N–H and O–H groups in total. The molecule has 0 atom stereocenters. The minimum atomic E-state index is -0.188. The SMILES string of the molecule is CC(=O)NCCNC(=O)c1nc(C)c(C)s1. The summed E-state index contributed by atoms with van der Waals surface area (Å²) in [6.45, 7) is 6.09. The van der Waals surface area contributed by atoms with Gasteiger partial charge in [0.15, 0.2) is 5.01 Å². The molecule has 1 aromatic rings. The quantitative estimate of drug-likeness (QED) is 0.759. The molecule has 6 heteroatoms. The van der Waals surface area contributed by atoms with Crippen LogP contribution in [0.3, 0.4) is 0 Å². The van der Waals surface area contributed by atoms with Gasteiger partial charge >= 0.3 is 0 Å². The molecular formula is C10H15N3O2S. The van der Waals surface area contributed by atoms with Gasteiger partial charge in [0.2, 0.25) is 5.91 Å². The number of hydrogen-bond donors (Lipinski definition) is 2. The molecule has 16 heavy (non-hydrogen) atoms. The fourth-order valence-corrected chi connectivity index (χ4v) is 1.89. The number of carbonyl (C=O) groups is 2. The molecule has 0 saturated carbocycles. The Balaban J connectivity index is 2.38. The van der Waals surface area contributed by atoms with Crippen molar-refractivity contribution in [2.75, 3.05) is 13.1 Å². The van der Waals surface area contributed by atoms with Crippen LogP contribution >= 0.6 is 11.3 Å². The zero-order valence-corrected chi connectivity index (χ0v) is 10.4. The molecule has 0 aromatic carbocycles. The molecule has 0 aliphatic heterocycles. The van der Waals surface area contributed by atoms with E-state index in [9.17, 15) is 9.59 Å². The average molecular weight is 241 g/mol. The van der Waals surface area contributed by atoms with Crippen molar-refractivity contribution in [3.63, 3.8) is 0 Å². The Morgan fingerprint density at radius 1 is 1.25 bits per heavy atom. The van der Waals surface area contributed by atoms with Crippen LogP contribution in [0.25, 0.3) is 0 Å². The van der Waals surface area contributed by atoms with Gasteiger partial charge in [0.1, 0.15) is 0 Å². The van der Waals surface area contributed by atoms with Gasteiger partial charge in [-0.1, -0.05) is 0 Å². The highest BCUT2D eigenvalue weighted by Gasteiger charge is 2.11. The summed E-state index contributed by atoms with van der Waals surface area (Å²) in [5.41, 5.74) is 0.886. The Labute approximate surface area is 98.3 Å². The summed E-state index contributed by atoms with van der Waals surface area (Å²) in [4.78, 5) is 27.3. The molecule has 0 radical (unpaired) electrons. The molecule has 88 valence electrons. The number of nitrogens with one attached hydrogen (secondary N) is 2. The Morgan fingerprint density at radius 3 is 2.38 bits per heavy atom. The summed E-state index contributed by atoms with van der Waals surface area (Å²) >= 11 is 1.38. The lowest BCUT2D eigenvalue weighted by Gasteiger charge is -2.03. The van der Waals surface area contributed by atoms with Crippen LogP contribution in [-0.4, -0.2) is 29.9 Å². The maximum atomic E-state index is 11.6. The third kappa shape index (κ3) is 3.62. The van der Waals surface area contributed by atoms with E-state index >= 15 is 0 Å². The minimum Gasteiger partial charge on any atom is -0.355 e. The van der Waals surface area contributed by atoms with Crippen LogP contribution in [0.4, 0.5) is 0 Å². The van der Waals surface area contributed by atoms with Gasteiger partial charge in [-0.3, -0.25) is 9.59 Å². The van der Waals surface area contributed by atoms with E-state index in [0.29, 0.717) is 18.1 Å². The van der Waals surface area contributed by atoms with Crippen molar-refractivity contribution in [3.05, 3.63) is 15.6 Å². The second kappa shape index (κ2) is 5.60. The third-order valence-electron chi connectivity index (χ3n) is 2.01. The van der Waals surface area contributed by atoms with Crippen molar-refractivity contribution >= 4 is 23.2 Å². The van der Waals surface area contributed by atoms with E-state index in [1.54, 1.807) is 0 Å². The van der Waals surface area contributed by atoms with Crippen LogP contribution < -0.4 is 10.6 Å².